The largest absolute Gasteiger partial charge is 0.383 e. The van der Waals surface area contributed by atoms with E-state index in [1.807, 2.05) is 0 Å². The third-order valence-electron chi connectivity index (χ3n) is 2.10. The number of nitrogens with one attached hydrogen (secondary N) is 2. The Morgan fingerprint density at radius 3 is 2.72 bits per heavy atom. The van der Waals surface area contributed by atoms with Gasteiger partial charge in [0.15, 0.2) is 5.03 Å². The summed E-state index contributed by atoms with van der Waals surface area (Å²) in [7, 11) is -2.26. The van der Waals surface area contributed by atoms with Crippen LogP contribution >= 0.6 is 0 Å². The Bertz CT molecular complexity index is 502. The van der Waals surface area contributed by atoms with Gasteiger partial charge in [0, 0.05) is 13.3 Å². The molecule has 1 aromatic heterocycles. The highest BCUT2D eigenvalue weighted by Gasteiger charge is 2.28. The van der Waals surface area contributed by atoms with Gasteiger partial charge in [-0.2, -0.15) is 0 Å². The van der Waals surface area contributed by atoms with Crippen molar-refractivity contribution in [3.05, 3.63) is 18.3 Å². The molecule has 18 heavy (non-hydrogen) atoms. The molecule has 0 unspecified atom stereocenters. The summed E-state index contributed by atoms with van der Waals surface area (Å²) in [6.07, 6.45) is 1.39. The van der Waals surface area contributed by atoms with Crippen molar-refractivity contribution in [1.29, 1.82) is 0 Å². The molecule has 4 N–H and O–H groups in total. The summed E-state index contributed by atoms with van der Waals surface area (Å²) in [4.78, 5) is 3.83. The number of anilines is 1. The van der Waals surface area contributed by atoms with Gasteiger partial charge in [-0.05, 0) is 26.0 Å². The van der Waals surface area contributed by atoms with Crippen LogP contribution in [0.15, 0.2) is 23.4 Å². The van der Waals surface area contributed by atoms with Gasteiger partial charge < -0.3 is 10.2 Å². The van der Waals surface area contributed by atoms with Gasteiger partial charge in [-0.25, -0.2) is 18.1 Å². The summed E-state index contributed by atoms with van der Waals surface area (Å²) < 4.78 is 31.8. The number of sulfonamides is 1. The summed E-state index contributed by atoms with van der Waals surface area (Å²) in [6.45, 7) is 3.67. The molecule has 7 nitrogen and oxygen atoms in total. The van der Waals surface area contributed by atoms with Crippen LogP contribution in [0.2, 0.25) is 0 Å². The Hall–Kier alpha value is -1.22. The molecule has 102 valence electrons. The molecule has 0 aromatic carbocycles. The summed E-state index contributed by atoms with van der Waals surface area (Å²) in [5.74, 6) is 5.26. The molecule has 0 aliphatic heterocycles. The molecule has 0 fully saturated rings. The van der Waals surface area contributed by atoms with Crippen molar-refractivity contribution >= 4 is 15.7 Å². The van der Waals surface area contributed by atoms with Crippen LogP contribution in [0, 0.1) is 0 Å². The van der Waals surface area contributed by atoms with Gasteiger partial charge >= 0.3 is 0 Å². The van der Waals surface area contributed by atoms with Crippen LogP contribution in [0.1, 0.15) is 13.8 Å². The highest BCUT2D eigenvalue weighted by Crippen LogP contribution is 2.18. The molecule has 1 heterocycles. The van der Waals surface area contributed by atoms with Crippen LogP contribution in [0.25, 0.3) is 0 Å². The van der Waals surface area contributed by atoms with Gasteiger partial charge in [0.25, 0.3) is 10.0 Å². The maximum absolute atomic E-state index is 12.2. The molecule has 0 aliphatic rings. The predicted octanol–water partition coefficient (Wildman–Crippen LogP) is 0.0705. The number of hydrogen-bond donors (Lipinski definition) is 3. The number of hydrogen-bond acceptors (Lipinski definition) is 6. The van der Waals surface area contributed by atoms with E-state index in [9.17, 15) is 8.42 Å². The van der Waals surface area contributed by atoms with Crippen LogP contribution in [0.4, 0.5) is 5.69 Å². The van der Waals surface area contributed by atoms with Gasteiger partial charge in [-0.1, -0.05) is 0 Å². The lowest BCUT2D eigenvalue weighted by molar-refractivity contribution is 0.141. The van der Waals surface area contributed by atoms with E-state index in [-0.39, 0.29) is 17.3 Å². The lowest BCUT2D eigenvalue weighted by atomic mass is 10.1. The van der Waals surface area contributed by atoms with Gasteiger partial charge in [0.1, 0.15) is 0 Å². The van der Waals surface area contributed by atoms with Crippen molar-refractivity contribution in [1.82, 2.24) is 9.71 Å². The fraction of sp³-hybridized carbons (Fsp3) is 0.500. The lowest BCUT2D eigenvalue weighted by Crippen LogP contribution is -2.47. The standard InChI is InChI=1S/C10H18N4O3S/c1-10(2,7-17-3)14-18(15,16)9-8(13-11)5-4-6-12-9/h4-6,13-14H,7,11H2,1-3H3. The van der Waals surface area contributed by atoms with E-state index in [0.29, 0.717) is 0 Å². The summed E-state index contributed by atoms with van der Waals surface area (Å²) in [5.41, 5.74) is 1.80. The van der Waals surface area contributed by atoms with Crippen LogP contribution < -0.4 is 16.0 Å². The Labute approximate surface area is 107 Å². The fourth-order valence-electron chi connectivity index (χ4n) is 1.52. The Balaban J connectivity index is 3.07. The number of nitrogens with zero attached hydrogens (tertiary/aromatic N) is 1. The van der Waals surface area contributed by atoms with Crippen molar-refractivity contribution in [3.63, 3.8) is 0 Å². The molecule has 1 aromatic rings. The van der Waals surface area contributed by atoms with E-state index >= 15 is 0 Å². The quantitative estimate of drug-likeness (QED) is 0.500. The molecule has 0 radical (unpaired) electrons. The zero-order valence-corrected chi connectivity index (χ0v) is 11.4. The average molecular weight is 274 g/mol. The predicted molar refractivity (Wildman–Crippen MR) is 68.3 cm³/mol. The molecule has 8 heteroatoms. The number of pyridine rings is 1. The van der Waals surface area contributed by atoms with Gasteiger partial charge in [0.2, 0.25) is 0 Å². The normalized spacial score (nSPS) is 12.4. The first-order valence-corrected chi connectivity index (χ1v) is 6.75. The smallest absolute Gasteiger partial charge is 0.260 e. The number of hydrazine groups is 1. The second-order valence-corrected chi connectivity index (χ2v) is 6.02. The SMILES string of the molecule is COCC(C)(C)NS(=O)(=O)c1ncccc1NN. The number of nitrogens with two attached hydrogens (primary N) is 1. The highest BCUT2D eigenvalue weighted by molar-refractivity contribution is 7.89. The van der Waals surface area contributed by atoms with E-state index in [2.05, 4.69) is 15.1 Å². The second-order valence-electron chi connectivity index (χ2n) is 4.42. The maximum Gasteiger partial charge on any atom is 0.260 e. The minimum absolute atomic E-state index is 0.142. The zero-order valence-electron chi connectivity index (χ0n) is 10.6. The number of rotatable bonds is 6. The molecule has 1 rings (SSSR count). The van der Waals surface area contributed by atoms with Crippen LogP contribution in [-0.4, -0.2) is 32.7 Å². The zero-order chi connectivity index (χ0) is 13.8. The number of ether oxygens (including phenoxy) is 1. The van der Waals surface area contributed by atoms with Crippen molar-refractivity contribution in [2.45, 2.75) is 24.4 Å². The van der Waals surface area contributed by atoms with E-state index in [1.54, 1.807) is 19.9 Å². The second kappa shape index (κ2) is 5.61. The molecule has 0 amide bonds. The van der Waals surface area contributed by atoms with Gasteiger partial charge in [-0.3, -0.25) is 5.84 Å². The molecule has 0 aliphatic carbocycles. The van der Waals surface area contributed by atoms with Crippen molar-refractivity contribution in [2.75, 3.05) is 19.1 Å². The lowest BCUT2D eigenvalue weighted by Gasteiger charge is -2.25. The third kappa shape index (κ3) is 3.64. The van der Waals surface area contributed by atoms with E-state index in [4.69, 9.17) is 10.6 Å². The Kier molecular flexibility index (Phi) is 4.63. The topological polar surface area (TPSA) is 106 Å². The summed E-state index contributed by atoms with van der Waals surface area (Å²) in [5, 5.41) is -0.142. The highest BCUT2D eigenvalue weighted by atomic mass is 32.2. The monoisotopic (exact) mass is 274 g/mol. The molecular formula is C10H18N4O3S. The maximum atomic E-state index is 12.2. The fourth-order valence-corrected chi connectivity index (χ4v) is 3.02. The Morgan fingerprint density at radius 1 is 1.50 bits per heavy atom. The average Bonchev–Trinajstić information content (AvgIpc) is 2.27. The first-order chi connectivity index (χ1) is 8.32. The Morgan fingerprint density at radius 2 is 2.17 bits per heavy atom. The van der Waals surface area contributed by atoms with Crippen molar-refractivity contribution in [3.8, 4) is 0 Å². The summed E-state index contributed by atoms with van der Waals surface area (Å²) in [6, 6.07) is 3.12. The van der Waals surface area contributed by atoms with Crippen molar-refractivity contribution in [2.24, 2.45) is 5.84 Å². The first kappa shape index (κ1) is 14.8. The first-order valence-electron chi connectivity index (χ1n) is 5.27. The van der Waals surface area contributed by atoms with Crippen molar-refractivity contribution < 1.29 is 13.2 Å². The molecule has 0 saturated carbocycles. The third-order valence-corrected chi connectivity index (χ3v) is 3.75. The molecule has 0 atom stereocenters. The molecule has 0 saturated heterocycles. The molecular weight excluding hydrogens is 256 g/mol. The minimum Gasteiger partial charge on any atom is -0.383 e. The minimum atomic E-state index is -3.77. The molecule has 0 spiro atoms. The number of aromatic nitrogens is 1. The number of methoxy groups -OCH3 is 1. The van der Waals surface area contributed by atoms with Crippen LogP contribution in [0.5, 0.6) is 0 Å². The van der Waals surface area contributed by atoms with E-state index < -0.39 is 15.6 Å². The number of nitrogen functional groups attached to an aromatic ring is 1. The van der Waals surface area contributed by atoms with Crippen LogP contribution in [-0.2, 0) is 14.8 Å². The van der Waals surface area contributed by atoms with Gasteiger partial charge in [0.05, 0.1) is 17.8 Å². The molecule has 0 bridgehead atoms. The van der Waals surface area contributed by atoms with Gasteiger partial charge in [-0.15, -0.1) is 0 Å². The summed E-state index contributed by atoms with van der Waals surface area (Å²) >= 11 is 0. The van der Waals surface area contributed by atoms with E-state index in [0.717, 1.165) is 0 Å². The van der Waals surface area contributed by atoms with Crippen LogP contribution in [0.3, 0.4) is 0 Å². The van der Waals surface area contributed by atoms with E-state index in [1.165, 1.54) is 19.4 Å².